The topological polar surface area (TPSA) is 88.4 Å². The Morgan fingerprint density at radius 1 is 1.27 bits per heavy atom. The molecule has 0 fully saturated rings. The molecule has 1 amide bonds. The number of hydrogen-bond acceptors (Lipinski definition) is 4. The van der Waals surface area contributed by atoms with Gasteiger partial charge in [-0.2, -0.15) is 0 Å². The minimum Gasteiger partial charge on any atom is -0.466 e. The highest BCUT2D eigenvalue weighted by Crippen LogP contribution is 2.24. The fraction of sp³-hybridized carbons (Fsp3) is 0.154. The van der Waals surface area contributed by atoms with Gasteiger partial charge >= 0.3 is 0 Å². The smallest absolute Gasteiger partial charge is 0.269 e. The fourth-order valence-corrected chi connectivity index (χ4v) is 3.66. The first-order valence-corrected chi connectivity index (χ1v) is 8.70. The van der Waals surface area contributed by atoms with Gasteiger partial charge in [-0.15, -0.1) is 4.83 Å². The van der Waals surface area contributed by atoms with E-state index in [2.05, 4.69) is 21.4 Å². The monoisotopic (exact) mass is 406 g/mol. The number of carbonyl (C=O) groups is 1. The Morgan fingerprint density at radius 2 is 1.95 bits per heavy atom. The zero-order valence-corrected chi connectivity index (χ0v) is 14.8. The summed E-state index contributed by atoms with van der Waals surface area (Å²) in [7, 11) is -3.98. The van der Waals surface area contributed by atoms with Crippen LogP contribution in [0.4, 0.5) is 0 Å². The number of nitrogens with one attached hydrogen (secondary N) is 2. The normalized spacial score (nSPS) is 11.5. The van der Waals surface area contributed by atoms with Crippen molar-refractivity contribution in [2.45, 2.75) is 18.7 Å². The first-order valence-electron chi connectivity index (χ1n) is 6.05. The van der Waals surface area contributed by atoms with E-state index in [4.69, 9.17) is 16.0 Å². The third kappa shape index (κ3) is 3.70. The lowest BCUT2D eigenvalue weighted by Gasteiger charge is -2.09. The van der Waals surface area contributed by atoms with Crippen LogP contribution in [0.2, 0.25) is 5.02 Å². The predicted octanol–water partition coefficient (Wildman–Crippen LogP) is 2.94. The molecule has 118 valence electrons. The SMILES string of the molecule is Cc1cc(C(=O)NNS(=O)(=O)c2ccc(Br)cc2Cl)c(C)o1. The molecule has 9 heteroatoms. The summed E-state index contributed by atoms with van der Waals surface area (Å²) < 4.78 is 30.1. The number of hydrazine groups is 1. The van der Waals surface area contributed by atoms with Crippen LogP contribution in [0.5, 0.6) is 0 Å². The molecule has 2 N–H and O–H groups in total. The number of rotatable bonds is 4. The van der Waals surface area contributed by atoms with E-state index in [1.54, 1.807) is 13.8 Å². The number of aryl methyl sites for hydroxylation is 2. The van der Waals surface area contributed by atoms with Gasteiger partial charge < -0.3 is 4.42 Å². The van der Waals surface area contributed by atoms with Crippen molar-refractivity contribution in [3.63, 3.8) is 0 Å². The minimum atomic E-state index is -3.98. The molecule has 1 heterocycles. The van der Waals surface area contributed by atoms with E-state index in [9.17, 15) is 13.2 Å². The van der Waals surface area contributed by atoms with Gasteiger partial charge in [-0.05, 0) is 38.1 Å². The molecule has 2 rings (SSSR count). The number of carbonyl (C=O) groups excluding carboxylic acids is 1. The summed E-state index contributed by atoms with van der Waals surface area (Å²) in [4.78, 5) is 13.8. The van der Waals surface area contributed by atoms with Crippen LogP contribution in [0.15, 0.2) is 38.1 Å². The summed E-state index contributed by atoms with van der Waals surface area (Å²) in [5.74, 6) is 0.337. The Labute approximate surface area is 141 Å². The molecule has 0 aliphatic heterocycles. The van der Waals surface area contributed by atoms with E-state index in [-0.39, 0.29) is 15.5 Å². The standard InChI is InChI=1S/C13H12BrClN2O4S/c1-7-5-10(8(2)21-7)13(18)16-17-22(19,20)12-4-3-9(14)6-11(12)15/h3-6,17H,1-2H3,(H,16,18). The zero-order chi connectivity index (χ0) is 16.5. The van der Waals surface area contributed by atoms with Crippen molar-refractivity contribution in [3.8, 4) is 0 Å². The predicted molar refractivity (Wildman–Crippen MR) is 85.1 cm³/mol. The molecular weight excluding hydrogens is 396 g/mol. The van der Waals surface area contributed by atoms with Crippen molar-refractivity contribution in [3.05, 3.63) is 50.8 Å². The minimum absolute atomic E-state index is 0.0338. The van der Waals surface area contributed by atoms with Crippen molar-refractivity contribution in [1.82, 2.24) is 10.3 Å². The average molecular weight is 408 g/mol. The fourth-order valence-electron chi connectivity index (χ4n) is 1.79. The van der Waals surface area contributed by atoms with E-state index in [1.807, 2.05) is 4.83 Å². The summed E-state index contributed by atoms with van der Waals surface area (Å²) >= 11 is 9.08. The largest absolute Gasteiger partial charge is 0.466 e. The molecule has 0 aliphatic rings. The molecule has 22 heavy (non-hydrogen) atoms. The van der Waals surface area contributed by atoms with Gasteiger partial charge in [-0.1, -0.05) is 27.5 Å². The van der Waals surface area contributed by atoms with Gasteiger partial charge in [0.05, 0.1) is 10.6 Å². The Hall–Kier alpha value is -1.35. The Kier molecular flexibility index (Phi) is 4.96. The highest BCUT2D eigenvalue weighted by atomic mass is 79.9. The molecule has 0 unspecified atom stereocenters. The van der Waals surface area contributed by atoms with Gasteiger partial charge in [0.1, 0.15) is 16.4 Å². The number of halogens is 2. The quantitative estimate of drug-likeness (QED) is 0.763. The summed E-state index contributed by atoms with van der Waals surface area (Å²) in [5, 5.41) is 0.0338. The maximum Gasteiger partial charge on any atom is 0.269 e. The Bertz CT molecular complexity index is 833. The van der Waals surface area contributed by atoms with Crippen LogP contribution < -0.4 is 10.3 Å². The molecule has 0 spiro atoms. The molecule has 2 aromatic rings. The van der Waals surface area contributed by atoms with Gasteiger partial charge in [0.25, 0.3) is 15.9 Å². The molecule has 1 aromatic carbocycles. The van der Waals surface area contributed by atoms with Crippen molar-refractivity contribution in [1.29, 1.82) is 0 Å². The molecular formula is C13H12BrClN2O4S. The van der Waals surface area contributed by atoms with E-state index >= 15 is 0 Å². The van der Waals surface area contributed by atoms with Crippen LogP contribution in [0, 0.1) is 13.8 Å². The molecule has 0 saturated carbocycles. The first kappa shape index (κ1) is 17.0. The number of amides is 1. The Balaban J connectivity index is 2.16. The van der Waals surface area contributed by atoms with Crippen molar-refractivity contribution < 1.29 is 17.6 Å². The van der Waals surface area contributed by atoms with Crippen LogP contribution >= 0.6 is 27.5 Å². The van der Waals surface area contributed by atoms with Crippen LogP contribution in [0.25, 0.3) is 0 Å². The third-order valence-electron chi connectivity index (χ3n) is 2.77. The van der Waals surface area contributed by atoms with E-state index in [0.717, 1.165) is 0 Å². The zero-order valence-electron chi connectivity index (χ0n) is 11.6. The first-order chi connectivity index (χ1) is 10.2. The average Bonchev–Trinajstić information content (AvgIpc) is 2.74. The maximum absolute atomic E-state index is 12.1. The summed E-state index contributed by atoms with van der Waals surface area (Å²) in [6, 6.07) is 5.83. The summed E-state index contributed by atoms with van der Waals surface area (Å²) in [6.07, 6.45) is 0. The molecule has 0 saturated heterocycles. The van der Waals surface area contributed by atoms with Crippen LogP contribution in [-0.2, 0) is 10.0 Å². The number of benzene rings is 1. The molecule has 0 bridgehead atoms. The molecule has 0 radical (unpaired) electrons. The second kappa shape index (κ2) is 6.41. The van der Waals surface area contributed by atoms with Crippen molar-refractivity contribution in [2.75, 3.05) is 0 Å². The highest BCUT2D eigenvalue weighted by molar-refractivity contribution is 9.10. The number of sulfonamides is 1. The van der Waals surface area contributed by atoms with Crippen LogP contribution in [-0.4, -0.2) is 14.3 Å². The molecule has 1 aromatic heterocycles. The van der Waals surface area contributed by atoms with Crippen molar-refractivity contribution >= 4 is 43.5 Å². The molecule has 6 nitrogen and oxygen atoms in total. The van der Waals surface area contributed by atoms with E-state index in [0.29, 0.717) is 16.0 Å². The van der Waals surface area contributed by atoms with Gasteiger partial charge in [-0.25, -0.2) is 8.42 Å². The third-order valence-corrected chi connectivity index (χ3v) is 4.99. The summed E-state index contributed by atoms with van der Waals surface area (Å²) in [6.45, 7) is 3.30. The van der Waals surface area contributed by atoms with Crippen LogP contribution in [0.1, 0.15) is 21.9 Å². The Morgan fingerprint density at radius 3 is 2.50 bits per heavy atom. The second-order valence-electron chi connectivity index (χ2n) is 4.46. The lowest BCUT2D eigenvalue weighted by molar-refractivity contribution is 0.0943. The lowest BCUT2D eigenvalue weighted by atomic mass is 10.2. The van der Waals surface area contributed by atoms with E-state index < -0.39 is 15.9 Å². The molecule has 0 aliphatic carbocycles. The van der Waals surface area contributed by atoms with Gasteiger partial charge in [0.15, 0.2) is 0 Å². The summed E-state index contributed by atoms with van der Waals surface area (Å²) in [5.41, 5.74) is 2.38. The van der Waals surface area contributed by atoms with Crippen molar-refractivity contribution in [2.24, 2.45) is 0 Å². The number of furan rings is 1. The second-order valence-corrected chi connectivity index (χ2v) is 7.43. The highest BCUT2D eigenvalue weighted by Gasteiger charge is 2.20. The van der Waals surface area contributed by atoms with Crippen LogP contribution in [0.3, 0.4) is 0 Å². The lowest BCUT2D eigenvalue weighted by Crippen LogP contribution is -2.41. The van der Waals surface area contributed by atoms with Gasteiger partial charge in [0, 0.05) is 4.47 Å². The van der Waals surface area contributed by atoms with E-state index in [1.165, 1.54) is 24.3 Å². The van der Waals surface area contributed by atoms with Gasteiger partial charge in [-0.3, -0.25) is 10.2 Å². The maximum atomic E-state index is 12.1. The number of hydrogen-bond donors (Lipinski definition) is 2. The molecule has 0 atom stereocenters. The van der Waals surface area contributed by atoms with Gasteiger partial charge in [0.2, 0.25) is 0 Å².